The second kappa shape index (κ2) is 9.70. The van der Waals surface area contributed by atoms with E-state index in [1.165, 1.54) is 31.1 Å². The minimum absolute atomic E-state index is 0.0786. The lowest BCUT2D eigenvalue weighted by atomic mass is 9.49. The zero-order valence-electron chi connectivity index (χ0n) is 22.4. The molecule has 0 spiro atoms. The Hall–Kier alpha value is -3.32. The molecule has 8 atom stereocenters. The molecule has 2 unspecified atom stereocenters. The number of ketones is 5. The van der Waals surface area contributed by atoms with Gasteiger partial charge in [0.15, 0.2) is 40.4 Å². The normalized spacial score (nSPS) is 34.1. The van der Waals surface area contributed by atoms with Crippen LogP contribution in [-0.2, 0) is 30.4 Å². The number of hydrogen-bond acceptors (Lipinski definition) is 11. The first kappa shape index (κ1) is 28.7. The van der Waals surface area contributed by atoms with Crippen LogP contribution in [0.1, 0.15) is 34.3 Å². The summed E-state index contributed by atoms with van der Waals surface area (Å²) in [6, 6.07) is 1.30. The molecular weight excluding hydrogens is 510 g/mol. The second-order valence-electron chi connectivity index (χ2n) is 11.4. The van der Waals surface area contributed by atoms with Gasteiger partial charge in [-0.3, -0.25) is 33.7 Å². The Labute approximate surface area is 224 Å². The molecule has 1 aromatic carbocycles. The fourth-order valence-electron chi connectivity index (χ4n) is 6.93. The summed E-state index contributed by atoms with van der Waals surface area (Å²) in [5.74, 6) is -14.2. The highest BCUT2D eigenvalue weighted by Crippen LogP contribution is 2.55. The highest BCUT2D eigenvalue weighted by atomic mass is 16.3. The standard InChI is InChI=1S/C27H33N3O9/c1-10-14-11(8-12(31)9-29(2)3)6-7-13(32)16(14)21(33)17-15(10)22(34)19-20(30(4)5)23(35)18(26(28)38)25(37)27(19,39)24(17)36/h6-7,10,15,17-20,22,32,34,39H,8-9H2,1-5H3,(H2,28,38)/t10-,15+,17?,18?,19+,20-,22-,27-/m1/s1. The monoisotopic (exact) mass is 543 g/mol. The van der Waals surface area contributed by atoms with Gasteiger partial charge in [-0.25, -0.2) is 0 Å². The predicted molar refractivity (Wildman–Crippen MR) is 135 cm³/mol. The van der Waals surface area contributed by atoms with Crippen molar-refractivity contribution in [1.29, 1.82) is 0 Å². The summed E-state index contributed by atoms with van der Waals surface area (Å²) in [5.41, 5.74) is 2.75. The van der Waals surface area contributed by atoms with E-state index in [0.717, 1.165) is 0 Å². The van der Waals surface area contributed by atoms with Gasteiger partial charge >= 0.3 is 0 Å². The number of aliphatic hydroxyl groups excluding tert-OH is 1. The molecule has 0 heterocycles. The molecule has 0 saturated heterocycles. The molecule has 1 aromatic rings. The topological polar surface area (TPSA) is 196 Å². The highest BCUT2D eigenvalue weighted by molar-refractivity contribution is 6.32. The van der Waals surface area contributed by atoms with E-state index < -0.39 is 82.1 Å². The molecule has 1 amide bonds. The Balaban J connectivity index is 1.91. The van der Waals surface area contributed by atoms with Crippen LogP contribution in [0.4, 0.5) is 0 Å². The van der Waals surface area contributed by atoms with Crippen LogP contribution in [0.2, 0.25) is 0 Å². The van der Waals surface area contributed by atoms with E-state index >= 15 is 0 Å². The maximum absolute atomic E-state index is 13.9. The first-order valence-electron chi connectivity index (χ1n) is 12.6. The van der Waals surface area contributed by atoms with Crippen molar-refractivity contribution in [2.75, 3.05) is 34.7 Å². The summed E-state index contributed by atoms with van der Waals surface area (Å²) in [5, 5.41) is 34.0. The Kier molecular flexibility index (Phi) is 7.13. The van der Waals surface area contributed by atoms with Crippen molar-refractivity contribution in [2.45, 2.75) is 37.0 Å². The molecular formula is C27H33N3O9. The van der Waals surface area contributed by atoms with Crippen molar-refractivity contribution < 1.29 is 44.1 Å². The quantitative estimate of drug-likeness (QED) is 0.292. The zero-order chi connectivity index (χ0) is 29.3. The molecule has 0 aromatic heterocycles. The lowest BCUT2D eigenvalue weighted by Crippen LogP contribution is -2.77. The van der Waals surface area contributed by atoms with Gasteiger partial charge in [0.05, 0.1) is 36.1 Å². The molecule has 0 bridgehead atoms. The van der Waals surface area contributed by atoms with E-state index in [-0.39, 0.29) is 29.9 Å². The maximum atomic E-state index is 13.9. The molecule has 3 aliphatic carbocycles. The lowest BCUT2D eigenvalue weighted by Gasteiger charge is -2.56. The van der Waals surface area contributed by atoms with Crippen LogP contribution in [-0.4, -0.2) is 112 Å². The minimum Gasteiger partial charge on any atom is -0.507 e. The van der Waals surface area contributed by atoms with E-state index in [4.69, 9.17) is 5.73 Å². The van der Waals surface area contributed by atoms with Gasteiger partial charge in [0, 0.05) is 12.3 Å². The fraction of sp³-hybridized carbons (Fsp3) is 0.556. The minimum atomic E-state index is -3.05. The molecule has 12 nitrogen and oxygen atoms in total. The Morgan fingerprint density at radius 2 is 1.67 bits per heavy atom. The number of Topliss-reactive ketones (excluding diaryl/α,β-unsaturated/α-hetero) is 5. The number of fused-ring (bicyclic) bond motifs is 3. The number of hydrogen-bond donors (Lipinski definition) is 4. The number of aromatic hydroxyl groups is 1. The molecule has 210 valence electrons. The third-order valence-corrected chi connectivity index (χ3v) is 8.44. The molecule has 0 aliphatic heterocycles. The average Bonchev–Trinajstić information content (AvgIpc) is 2.81. The Bertz CT molecular complexity index is 1310. The first-order chi connectivity index (χ1) is 18.1. The SMILES string of the molecule is C[C@@H]1c2c(CC(=O)CN(C)C)ccc(O)c2C(=O)C2C(=O)[C@@]3(O)C(=O)C(C(N)=O)C(=O)[C@H](N(C)C)[C@H]3[C@H](O)[C@H]21. The molecule has 39 heavy (non-hydrogen) atoms. The van der Waals surface area contributed by atoms with Crippen LogP contribution < -0.4 is 5.73 Å². The van der Waals surface area contributed by atoms with Crippen molar-refractivity contribution in [2.24, 2.45) is 29.4 Å². The molecule has 0 radical (unpaired) electrons. The Morgan fingerprint density at radius 1 is 1.05 bits per heavy atom. The van der Waals surface area contributed by atoms with E-state index in [1.54, 1.807) is 25.9 Å². The molecule has 5 N–H and O–H groups in total. The van der Waals surface area contributed by atoms with Crippen LogP contribution >= 0.6 is 0 Å². The molecule has 3 aliphatic rings. The lowest BCUT2D eigenvalue weighted by molar-refractivity contribution is -0.196. The number of primary amides is 1. The van der Waals surface area contributed by atoms with Crippen molar-refractivity contribution in [3.63, 3.8) is 0 Å². The number of aliphatic hydroxyl groups is 2. The van der Waals surface area contributed by atoms with Gasteiger partial charge in [-0.15, -0.1) is 0 Å². The Morgan fingerprint density at radius 3 is 2.21 bits per heavy atom. The van der Waals surface area contributed by atoms with Gasteiger partial charge < -0.3 is 26.0 Å². The fourth-order valence-corrected chi connectivity index (χ4v) is 6.93. The number of phenols is 1. The number of phenolic OH excluding ortho intramolecular Hbond substituents is 1. The number of carbonyl (C=O) groups is 6. The van der Waals surface area contributed by atoms with Gasteiger partial charge in [-0.2, -0.15) is 0 Å². The summed E-state index contributed by atoms with van der Waals surface area (Å²) < 4.78 is 0. The second-order valence-corrected chi connectivity index (χ2v) is 11.4. The van der Waals surface area contributed by atoms with Crippen LogP contribution in [0.5, 0.6) is 5.75 Å². The number of nitrogens with zero attached hydrogens (tertiary/aromatic N) is 2. The highest BCUT2D eigenvalue weighted by Gasteiger charge is 2.73. The zero-order valence-corrected chi connectivity index (χ0v) is 22.4. The third-order valence-electron chi connectivity index (χ3n) is 8.44. The number of likely N-dealkylation sites (N-methyl/N-ethyl adjacent to an activating group) is 2. The molecule has 2 saturated carbocycles. The van der Waals surface area contributed by atoms with Gasteiger partial charge in [0.1, 0.15) is 5.75 Å². The van der Waals surface area contributed by atoms with Crippen molar-refractivity contribution in [3.05, 3.63) is 28.8 Å². The van der Waals surface area contributed by atoms with Gasteiger partial charge in [-0.1, -0.05) is 13.0 Å². The molecule has 12 heteroatoms. The van der Waals surface area contributed by atoms with Gasteiger partial charge in [-0.05, 0) is 51.3 Å². The van der Waals surface area contributed by atoms with Crippen molar-refractivity contribution in [3.8, 4) is 5.75 Å². The van der Waals surface area contributed by atoms with E-state index in [1.807, 2.05) is 0 Å². The van der Waals surface area contributed by atoms with Crippen LogP contribution in [0.15, 0.2) is 12.1 Å². The van der Waals surface area contributed by atoms with Crippen molar-refractivity contribution in [1.82, 2.24) is 9.80 Å². The first-order valence-corrected chi connectivity index (χ1v) is 12.6. The van der Waals surface area contributed by atoms with E-state index in [0.29, 0.717) is 5.56 Å². The number of carbonyl (C=O) groups excluding carboxylic acids is 6. The largest absolute Gasteiger partial charge is 0.507 e. The van der Waals surface area contributed by atoms with Crippen molar-refractivity contribution >= 4 is 34.8 Å². The third kappa shape index (κ3) is 4.05. The van der Waals surface area contributed by atoms with E-state index in [2.05, 4.69) is 0 Å². The summed E-state index contributed by atoms with van der Waals surface area (Å²) in [4.78, 5) is 82.1. The average molecular weight is 544 g/mol. The molecule has 2 fully saturated rings. The van der Waals surface area contributed by atoms with Gasteiger partial charge in [0.2, 0.25) is 5.91 Å². The smallest absolute Gasteiger partial charge is 0.235 e. The summed E-state index contributed by atoms with van der Waals surface area (Å²) in [6.45, 7) is 1.74. The predicted octanol–water partition coefficient (Wildman–Crippen LogP) is -1.93. The molecule has 4 rings (SSSR count). The van der Waals surface area contributed by atoms with E-state index in [9.17, 15) is 44.1 Å². The number of amides is 1. The summed E-state index contributed by atoms with van der Waals surface area (Å²) in [6.07, 6.45) is -1.81. The van der Waals surface area contributed by atoms with Crippen LogP contribution in [0, 0.1) is 23.7 Å². The number of benzene rings is 1. The number of nitrogens with two attached hydrogens (primary N) is 1. The maximum Gasteiger partial charge on any atom is 0.235 e. The van der Waals surface area contributed by atoms with Gasteiger partial charge in [0.25, 0.3) is 0 Å². The summed E-state index contributed by atoms with van der Waals surface area (Å²) >= 11 is 0. The summed E-state index contributed by atoms with van der Waals surface area (Å²) in [7, 11) is 6.31. The number of rotatable bonds is 6. The van der Waals surface area contributed by atoms with Crippen LogP contribution in [0.3, 0.4) is 0 Å². The van der Waals surface area contributed by atoms with Crippen LogP contribution in [0.25, 0.3) is 0 Å².